The minimum absolute atomic E-state index is 0.0117. The maximum absolute atomic E-state index is 14.0. The van der Waals surface area contributed by atoms with Gasteiger partial charge in [-0.05, 0) is 18.9 Å². The van der Waals surface area contributed by atoms with Gasteiger partial charge in [-0.2, -0.15) is 13.2 Å². The van der Waals surface area contributed by atoms with Gasteiger partial charge in [0.15, 0.2) is 11.6 Å². The fourth-order valence-electron chi connectivity index (χ4n) is 2.36. The van der Waals surface area contributed by atoms with Crippen LogP contribution in [-0.4, -0.2) is 19.8 Å². The molecule has 2 atom stereocenters. The quantitative estimate of drug-likeness (QED) is 0.836. The van der Waals surface area contributed by atoms with Crippen molar-refractivity contribution in [2.24, 2.45) is 5.92 Å². The molecule has 2 rings (SSSR count). The molecule has 6 heteroatoms. The highest BCUT2D eigenvalue weighted by Gasteiger charge is 2.41. The maximum Gasteiger partial charge on any atom is 0.393 e. The molecule has 1 saturated heterocycles. The Kier molecular flexibility index (Phi) is 3.99. The number of rotatable bonds is 2. The summed E-state index contributed by atoms with van der Waals surface area (Å²) in [6.45, 7) is -0.176. The first-order valence-electron chi connectivity index (χ1n) is 6.06. The Morgan fingerprint density at radius 2 is 2.00 bits per heavy atom. The molecule has 0 spiro atoms. The van der Waals surface area contributed by atoms with Crippen molar-refractivity contribution in [2.45, 2.75) is 25.1 Å². The van der Waals surface area contributed by atoms with Gasteiger partial charge in [0.25, 0.3) is 0 Å². The first-order valence-corrected chi connectivity index (χ1v) is 6.06. The molecule has 1 fully saturated rings. The van der Waals surface area contributed by atoms with E-state index in [1.54, 1.807) is 12.1 Å². The van der Waals surface area contributed by atoms with Crippen LogP contribution < -0.4 is 10.1 Å². The van der Waals surface area contributed by atoms with Crippen molar-refractivity contribution in [3.63, 3.8) is 0 Å². The number of piperidine rings is 1. The van der Waals surface area contributed by atoms with Crippen LogP contribution in [0.2, 0.25) is 0 Å². The topological polar surface area (TPSA) is 21.3 Å². The van der Waals surface area contributed by atoms with E-state index >= 15 is 0 Å². The molecular weight excluding hydrogens is 262 g/mol. The molecule has 0 amide bonds. The van der Waals surface area contributed by atoms with Gasteiger partial charge in [-0.1, -0.05) is 12.1 Å². The summed E-state index contributed by atoms with van der Waals surface area (Å²) in [6.07, 6.45) is -3.92. The van der Waals surface area contributed by atoms with Crippen LogP contribution >= 0.6 is 0 Å². The molecule has 0 aliphatic carbocycles. The minimum Gasteiger partial charge on any atom is -0.494 e. The molecule has 1 aliphatic rings. The van der Waals surface area contributed by atoms with Gasteiger partial charge in [0.05, 0.1) is 13.0 Å². The first kappa shape index (κ1) is 14.1. The summed E-state index contributed by atoms with van der Waals surface area (Å²) in [5.41, 5.74) is 0.361. The molecule has 0 radical (unpaired) electrons. The van der Waals surface area contributed by atoms with Crippen LogP contribution in [0.15, 0.2) is 18.2 Å². The first-order chi connectivity index (χ1) is 8.93. The largest absolute Gasteiger partial charge is 0.494 e. The molecule has 1 aromatic carbocycles. The number of nitrogens with one attached hydrogen (secondary N) is 1. The van der Waals surface area contributed by atoms with E-state index < -0.39 is 24.0 Å². The van der Waals surface area contributed by atoms with E-state index in [9.17, 15) is 17.6 Å². The smallest absolute Gasteiger partial charge is 0.393 e. The average molecular weight is 277 g/mol. The predicted molar refractivity (Wildman–Crippen MR) is 62.5 cm³/mol. The van der Waals surface area contributed by atoms with E-state index in [4.69, 9.17) is 4.74 Å². The molecule has 106 valence electrons. The molecule has 0 bridgehead atoms. The van der Waals surface area contributed by atoms with Gasteiger partial charge in [-0.25, -0.2) is 4.39 Å². The molecule has 1 aliphatic heterocycles. The van der Waals surface area contributed by atoms with Crippen molar-refractivity contribution >= 4 is 0 Å². The number of ether oxygens (including phenoxy) is 1. The molecule has 2 unspecified atom stereocenters. The minimum atomic E-state index is -4.19. The summed E-state index contributed by atoms with van der Waals surface area (Å²) in [7, 11) is 1.36. The third-order valence-corrected chi connectivity index (χ3v) is 3.47. The molecule has 0 aromatic heterocycles. The lowest BCUT2D eigenvalue weighted by molar-refractivity contribution is -0.179. The standard InChI is InChI=1S/C13H15F4NO/c1-19-11-4-2-3-9(12(11)14)10-6-5-8(7-18-10)13(15,16)17/h2-4,8,10,18H,5-7H2,1H3. The SMILES string of the molecule is COc1cccc(C2CCC(C(F)(F)F)CN2)c1F. The van der Waals surface area contributed by atoms with Crippen LogP contribution in [0.3, 0.4) is 0 Å². The van der Waals surface area contributed by atoms with Gasteiger partial charge >= 0.3 is 6.18 Å². The summed E-state index contributed by atoms with van der Waals surface area (Å²) in [4.78, 5) is 0. The summed E-state index contributed by atoms with van der Waals surface area (Å²) in [6, 6.07) is 4.30. The number of hydrogen-bond acceptors (Lipinski definition) is 2. The molecule has 1 aromatic rings. The van der Waals surface area contributed by atoms with Gasteiger partial charge in [-0.3, -0.25) is 0 Å². The lowest BCUT2D eigenvalue weighted by atomic mass is 9.90. The number of alkyl halides is 3. The third-order valence-electron chi connectivity index (χ3n) is 3.47. The van der Waals surface area contributed by atoms with E-state index in [0.29, 0.717) is 5.56 Å². The molecule has 0 saturated carbocycles. The number of methoxy groups -OCH3 is 1. The van der Waals surface area contributed by atoms with E-state index in [-0.39, 0.29) is 25.1 Å². The van der Waals surface area contributed by atoms with Crippen molar-refractivity contribution in [3.8, 4) is 5.75 Å². The van der Waals surface area contributed by atoms with Gasteiger partial charge in [-0.15, -0.1) is 0 Å². The highest BCUT2D eigenvalue weighted by Crippen LogP contribution is 2.37. The Morgan fingerprint density at radius 3 is 2.53 bits per heavy atom. The summed E-state index contributed by atoms with van der Waals surface area (Å²) < 4.78 is 56.5. The van der Waals surface area contributed by atoms with E-state index in [0.717, 1.165) is 0 Å². The second-order valence-electron chi connectivity index (χ2n) is 4.64. The van der Waals surface area contributed by atoms with Crippen LogP contribution in [0.4, 0.5) is 17.6 Å². The fraction of sp³-hybridized carbons (Fsp3) is 0.538. The van der Waals surface area contributed by atoms with Gasteiger partial charge in [0.2, 0.25) is 0 Å². The zero-order valence-corrected chi connectivity index (χ0v) is 10.4. The van der Waals surface area contributed by atoms with Crippen LogP contribution in [-0.2, 0) is 0 Å². The molecular formula is C13H15F4NO. The van der Waals surface area contributed by atoms with Crippen molar-refractivity contribution in [1.29, 1.82) is 0 Å². The monoisotopic (exact) mass is 277 g/mol. The van der Waals surface area contributed by atoms with Gasteiger partial charge < -0.3 is 10.1 Å². The molecule has 1 N–H and O–H groups in total. The van der Waals surface area contributed by atoms with Crippen molar-refractivity contribution in [2.75, 3.05) is 13.7 Å². The highest BCUT2D eigenvalue weighted by molar-refractivity contribution is 5.33. The average Bonchev–Trinajstić information content (AvgIpc) is 2.38. The lowest BCUT2D eigenvalue weighted by Crippen LogP contribution is -2.40. The Morgan fingerprint density at radius 1 is 1.26 bits per heavy atom. The van der Waals surface area contributed by atoms with Crippen LogP contribution in [0.5, 0.6) is 5.75 Å². The lowest BCUT2D eigenvalue weighted by Gasteiger charge is -2.31. The van der Waals surface area contributed by atoms with Crippen molar-refractivity contribution in [1.82, 2.24) is 5.32 Å². The number of benzene rings is 1. The van der Waals surface area contributed by atoms with Gasteiger partial charge in [0, 0.05) is 18.2 Å². The Bertz CT molecular complexity index is 439. The Balaban J connectivity index is 2.10. The van der Waals surface area contributed by atoms with E-state index in [2.05, 4.69) is 5.32 Å². The Labute approximate surface area is 108 Å². The number of halogens is 4. The maximum atomic E-state index is 14.0. The zero-order chi connectivity index (χ0) is 14.0. The molecule has 2 nitrogen and oxygen atoms in total. The van der Waals surface area contributed by atoms with E-state index in [1.165, 1.54) is 13.2 Å². The van der Waals surface area contributed by atoms with Crippen LogP contribution in [0.25, 0.3) is 0 Å². The summed E-state index contributed by atoms with van der Waals surface area (Å²) in [5.74, 6) is -1.75. The normalized spacial score (nSPS) is 24.3. The Hall–Kier alpha value is -1.30. The highest BCUT2D eigenvalue weighted by atomic mass is 19.4. The second kappa shape index (κ2) is 5.36. The summed E-state index contributed by atoms with van der Waals surface area (Å²) in [5, 5.41) is 2.77. The van der Waals surface area contributed by atoms with Crippen LogP contribution in [0.1, 0.15) is 24.4 Å². The van der Waals surface area contributed by atoms with Crippen molar-refractivity contribution < 1.29 is 22.3 Å². The van der Waals surface area contributed by atoms with E-state index in [1.807, 2.05) is 0 Å². The third kappa shape index (κ3) is 3.00. The summed E-state index contributed by atoms with van der Waals surface area (Å²) >= 11 is 0. The predicted octanol–water partition coefficient (Wildman–Crippen LogP) is 3.44. The molecule has 1 heterocycles. The zero-order valence-electron chi connectivity index (χ0n) is 10.4. The fourth-order valence-corrected chi connectivity index (χ4v) is 2.36. The van der Waals surface area contributed by atoms with Gasteiger partial charge in [0.1, 0.15) is 0 Å². The molecule has 19 heavy (non-hydrogen) atoms. The number of hydrogen-bond donors (Lipinski definition) is 1. The second-order valence-corrected chi connectivity index (χ2v) is 4.64. The van der Waals surface area contributed by atoms with Crippen LogP contribution in [0, 0.1) is 11.7 Å². The van der Waals surface area contributed by atoms with Crippen molar-refractivity contribution in [3.05, 3.63) is 29.6 Å².